The van der Waals surface area contributed by atoms with E-state index < -0.39 is 6.04 Å². The second-order valence-corrected chi connectivity index (χ2v) is 3.12. The Kier molecular flexibility index (Phi) is 2.10. The molecule has 0 spiro atoms. The lowest BCUT2D eigenvalue weighted by Crippen LogP contribution is -2.18. The fraction of sp³-hybridized carbons (Fsp3) is 0.300. The summed E-state index contributed by atoms with van der Waals surface area (Å²) in [6.45, 7) is 0.651. The van der Waals surface area contributed by atoms with Crippen LogP contribution in [0.4, 0.5) is 4.39 Å². The Labute approximate surface area is 75.8 Å². The van der Waals surface area contributed by atoms with Crippen molar-refractivity contribution >= 4 is 5.78 Å². The molecule has 2 nitrogen and oxygen atoms in total. The summed E-state index contributed by atoms with van der Waals surface area (Å²) < 4.78 is 13.2. The maximum absolute atomic E-state index is 13.2. The smallest absolute Gasteiger partial charge is 0.155 e. The Balaban J connectivity index is 2.34. The molecule has 1 aromatic rings. The van der Waals surface area contributed by atoms with Crippen LogP contribution in [0.2, 0.25) is 0 Å². The number of Topliss-reactive ketones (excluding diaryl/α,β-unsaturated/α-hetero) is 1. The Morgan fingerprint density at radius 1 is 1.38 bits per heavy atom. The predicted molar refractivity (Wildman–Crippen MR) is 46.8 cm³/mol. The summed E-state index contributed by atoms with van der Waals surface area (Å²) in [4.78, 5) is 11.3. The van der Waals surface area contributed by atoms with Crippen LogP contribution in [0.5, 0.6) is 0 Å². The lowest BCUT2D eigenvalue weighted by Gasteiger charge is -2.09. The van der Waals surface area contributed by atoms with Gasteiger partial charge in [0.05, 0.1) is 6.04 Å². The molecule has 1 aliphatic rings. The summed E-state index contributed by atoms with van der Waals surface area (Å²) in [6, 6.07) is 5.96. The van der Waals surface area contributed by atoms with Gasteiger partial charge in [-0.3, -0.25) is 4.79 Å². The zero-order valence-corrected chi connectivity index (χ0v) is 7.09. The van der Waals surface area contributed by atoms with E-state index in [2.05, 4.69) is 5.32 Å². The molecule has 1 N–H and O–H groups in total. The van der Waals surface area contributed by atoms with Crippen LogP contribution in [0.1, 0.15) is 18.0 Å². The van der Waals surface area contributed by atoms with Crippen LogP contribution in [0.3, 0.4) is 0 Å². The molecule has 1 aromatic carbocycles. The molecule has 0 bridgehead atoms. The zero-order chi connectivity index (χ0) is 9.26. The van der Waals surface area contributed by atoms with E-state index in [1.165, 1.54) is 6.07 Å². The van der Waals surface area contributed by atoms with Gasteiger partial charge in [-0.25, -0.2) is 4.39 Å². The summed E-state index contributed by atoms with van der Waals surface area (Å²) in [5.41, 5.74) is 0.463. The van der Waals surface area contributed by atoms with E-state index in [-0.39, 0.29) is 11.6 Å². The fourth-order valence-electron chi connectivity index (χ4n) is 1.59. The van der Waals surface area contributed by atoms with Gasteiger partial charge in [0.1, 0.15) is 5.82 Å². The molecular formula is C10H10FNO. The summed E-state index contributed by atoms with van der Waals surface area (Å²) in [5, 5.41) is 2.97. The third-order valence-electron chi connectivity index (χ3n) is 2.26. The first-order valence-electron chi connectivity index (χ1n) is 4.29. The van der Waals surface area contributed by atoms with Crippen molar-refractivity contribution in [3.63, 3.8) is 0 Å². The predicted octanol–water partition coefficient (Wildman–Crippen LogP) is 1.43. The molecule has 0 aliphatic carbocycles. The molecule has 13 heavy (non-hydrogen) atoms. The van der Waals surface area contributed by atoms with E-state index in [4.69, 9.17) is 0 Å². The number of rotatable bonds is 1. The molecule has 0 amide bonds. The van der Waals surface area contributed by atoms with E-state index in [1.807, 2.05) is 0 Å². The molecule has 1 saturated heterocycles. The van der Waals surface area contributed by atoms with Crippen molar-refractivity contribution in [3.05, 3.63) is 35.6 Å². The van der Waals surface area contributed by atoms with E-state index in [0.717, 1.165) is 0 Å². The topological polar surface area (TPSA) is 29.1 Å². The van der Waals surface area contributed by atoms with Gasteiger partial charge in [-0.2, -0.15) is 0 Å². The Morgan fingerprint density at radius 2 is 2.15 bits per heavy atom. The first-order chi connectivity index (χ1) is 6.29. The summed E-state index contributed by atoms with van der Waals surface area (Å²) in [5.74, 6) is -0.236. The van der Waals surface area contributed by atoms with E-state index in [9.17, 15) is 9.18 Å². The fourth-order valence-corrected chi connectivity index (χ4v) is 1.59. The molecule has 2 rings (SSSR count). The van der Waals surface area contributed by atoms with Gasteiger partial charge in [-0.1, -0.05) is 18.2 Å². The largest absolute Gasteiger partial charge is 0.303 e. The second kappa shape index (κ2) is 3.26. The highest BCUT2D eigenvalue weighted by Crippen LogP contribution is 2.21. The molecular weight excluding hydrogens is 169 g/mol. The first-order valence-corrected chi connectivity index (χ1v) is 4.29. The zero-order valence-electron chi connectivity index (χ0n) is 7.09. The number of nitrogens with one attached hydrogen (secondary N) is 1. The normalized spacial score (nSPS) is 22.2. The Hall–Kier alpha value is -1.22. The van der Waals surface area contributed by atoms with E-state index >= 15 is 0 Å². The van der Waals surface area contributed by atoms with Gasteiger partial charge in [0.15, 0.2) is 5.78 Å². The standard InChI is InChI=1S/C10H10FNO/c11-8-4-2-1-3-7(8)10-9(13)5-6-12-10/h1-4,10,12H,5-6H2. The molecule has 0 radical (unpaired) electrons. The van der Waals surface area contributed by atoms with Crippen molar-refractivity contribution in [1.82, 2.24) is 5.32 Å². The Bertz CT molecular complexity index is 337. The van der Waals surface area contributed by atoms with Crippen molar-refractivity contribution in [2.75, 3.05) is 6.54 Å². The van der Waals surface area contributed by atoms with Crippen LogP contribution < -0.4 is 5.32 Å². The van der Waals surface area contributed by atoms with Gasteiger partial charge in [-0.15, -0.1) is 0 Å². The molecule has 1 unspecified atom stereocenters. The number of hydrogen-bond acceptors (Lipinski definition) is 2. The van der Waals surface area contributed by atoms with Crippen molar-refractivity contribution in [1.29, 1.82) is 0 Å². The quantitative estimate of drug-likeness (QED) is 0.706. The van der Waals surface area contributed by atoms with Gasteiger partial charge >= 0.3 is 0 Å². The van der Waals surface area contributed by atoms with Crippen molar-refractivity contribution in [3.8, 4) is 0 Å². The second-order valence-electron chi connectivity index (χ2n) is 3.12. The molecule has 1 aliphatic heterocycles. The minimum Gasteiger partial charge on any atom is -0.303 e. The van der Waals surface area contributed by atoms with E-state index in [0.29, 0.717) is 18.5 Å². The number of halogens is 1. The minimum absolute atomic E-state index is 0.0742. The highest BCUT2D eigenvalue weighted by Gasteiger charge is 2.27. The third-order valence-corrected chi connectivity index (χ3v) is 2.26. The maximum atomic E-state index is 13.2. The number of ketones is 1. The van der Waals surface area contributed by atoms with Crippen LogP contribution in [-0.2, 0) is 4.79 Å². The molecule has 0 saturated carbocycles. The number of carbonyl (C=O) groups is 1. The number of carbonyl (C=O) groups excluding carboxylic acids is 1. The molecule has 3 heteroatoms. The lowest BCUT2D eigenvalue weighted by atomic mass is 10.0. The van der Waals surface area contributed by atoms with Crippen LogP contribution in [-0.4, -0.2) is 12.3 Å². The summed E-state index contributed by atoms with van der Waals surface area (Å²) >= 11 is 0. The molecule has 68 valence electrons. The van der Waals surface area contributed by atoms with Gasteiger partial charge in [0, 0.05) is 18.5 Å². The number of benzene rings is 1. The summed E-state index contributed by atoms with van der Waals surface area (Å²) in [6.07, 6.45) is 0.499. The minimum atomic E-state index is -0.429. The Morgan fingerprint density at radius 3 is 2.77 bits per heavy atom. The lowest BCUT2D eigenvalue weighted by molar-refractivity contribution is -0.118. The molecule has 1 heterocycles. The average Bonchev–Trinajstić information content (AvgIpc) is 2.52. The highest BCUT2D eigenvalue weighted by molar-refractivity contribution is 5.87. The van der Waals surface area contributed by atoms with Crippen LogP contribution in [0.15, 0.2) is 24.3 Å². The highest BCUT2D eigenvalue weighted by atomic mass is 19.1. The third kappa shape index (κ3) is 1.47. The van der Waals surface area contributed by atoms with E-state index in [1.54, 1.807) is 18.2 Å². The van der Waals surface area contributed by atoms with Gasteiger partial charge < -0.3 is 5.32 Å². The van der Waals surface area contributed by atoms with Crippen LogP contribution >= 0.6 is 0 Å². The van der Waals surface area contributed by atoms with Gasteiger partial charge in [-0.05, 0) is 6.07 Å². The number of hydrogen-bond donors (Lipinski definition) is 1. The SMILES string of the molecule is O=C1CCNC1c1ccccc1F. The first kappa shape index (κ1) is 8.38. The van der Waals surface area contributed by atoms with Crippen molar-refractivity contribution in [2.24, 2.45) is 0 Å². The van der Waals surface area contributed by atoms with Gasteiger partial charge in [0.2, 0.25) is 0 Å². The summed E-state index contributed by atoms with van der Waals surface area (Å²) in [7, 11) is 0. The van der Waals surface area contributed by atoms with Crippen molar-refractivity contribution < 1.29 is 9.18 Å². The monoisotopic (exact) mass is 179 g/mol. The molecule has 0 aromatic heterocycles. The maximum Gasteiger partial charge on any atom is 0.155 e. The molecule has 1 fully saturated rings. The van der Waals surface area contributed by atoms with Gasteiger partial charge in [0.25, 0.3) is 0 Å². The van der Waals surface area contributed by atoms with Crippen molar-refractivity contribution in [2.45, 2.75) is 12.5 Å². The average molecular weight is 179 g/mol. The van der Waals surface area contributed by atoms with Crippen LogP contribution in [0.25, 0.3) is 0 Å². The molecule has 1 atom stereocenters. The van der Waals surface area contributed by atoms with Crippen LogP contribution in [0, 0.1) is 5.82 Å².